The van der Waals surface area contributed by atoms with Crippen LogP contribution in [0, 0.1) is 0 Å². The maximum atomic E-state index is 11.4. The SMILES string of the molecule is COc1ccc(/C(=C/C(C)(C)O)c2ccc(C(C)=O)cc2)cc1. The van der Waals surface area contributed by atoms with Gasteiger partial charge in [0.1, 0.15) is 5.75 Å². The van der Waals surface area contributed by atoms with Gasteiger partial charge in [0.15, 0.2) is 5.78 Å². The number of benzene rings is 2. The molecule has 3 heteroatoms. The van der Waals surface area contributed by atoms with E-state index in [0.29, 0.717) is 5.56 Å². The summed E-state index contributed by atoms with van der Waals surface area (Å²) in [5, 5.41) is 10.2. The second kappa shape index (κ2) is 6.80. The van der Waals surface area contributed by atoms with Gasteiger partial charge in [0, 0.05) is 5.56 Å². The monoisotopic (exact) mass is 310 g/mol. The lowest BCUT2D eigenvalue weighted by Gasteiger charge is -2.17. The summed E-state index contributed by atoms with van der Waals surface area (Å²) in [6, 6.07) is 15.1. The van der Waals surface area contributed by atoms with Gasteiger partial charge in [-0.2, -0.15) is 0 Å². The minimum atomic E-state index is -0.950. The van der Waals surface area contributed by atoms with E-state index in [0.717, 1.165) is 22.4 Å². The Morgan fingerprint density at radius 1 is 0.957 bits per heavy atom. The van der Waals surface area contributed by atoms with Gasteiger partial charge >= 0.3 is 0 Å². The van der Waals surface area contributed by atoms with Crippen LogP contribution in [0.25, 0.3) is 5.57 Å². The normalized spacial score (nSPS) is 12.1. The lowest BCUT2D eigenvalue weighted by atomic mass is 9.92. The van der Waals surface area contributed by atoms with Crippen molar-refractivity contribution in [1.82, 2.24) is 0 Å². The number of hydrogen-bond donors (Lipinski definition) is 1. The van der Waals surface area contributed by atoms with Crippen LogP contribution in [0.4, 0.5) is 0 Å². The molecule has 0 aliphatic heterocycles. The first-order valence-corrected chi connectivity index (χ1v) is 7.51. The molecule has 0 radical (unpaired) electrons. The highest BCUT2D eigenvalue weighted by Crippen LogP contribution is 2.28. The Labute approximate surface area is 137 Å². The van der Waals surface area contributed by atoms with Crippen LogP contribution in [0.1, 0.15) is 42.3 Å². The van der Waals surface area contributed by atoms with Gasteiger partial charge in [-0.1, -0.05) is 36.4 Å². The summed E-state index contributed by atoms with van der Waals surface area (Å²) in [6.45, 7) is 5.02. The number of ether oxygens (including phenoxy) is 1. The molecule has 0 atom stereocenters. The third-order valence-electron chi connectivity index (χ3n) is 3.50. The predicted molar refractivity (Wildman–Crippen MR) is 92.8 cm³/mol. The summed E-state index contributed by atoms with van der Waals surface area (Å²) >= 11 is 0. The van der Waals surface area contributed by atoms with Crippen molar-refractivity contribution in [3.8, 4) is 5.75 Å². The number of ketones is 1. The number of rotatable bonds is 5. The summed E-state index contributed by atoms with van der Waals surface area (Å²) < 4.78 is 5.19. The van der Waals surface area contributed by atoms with Crippen LogP contribution in [0.2, 0.25) is 0 Å². The first kappa shape index (κ1) is 17.0. The average Bonchev–Trinajstić information content (AvgIpc) is 2.52. The fourth-order valence-corrected chi connectivity index (χ4v) is 2.34. The van der Waals surface area contributed by atoms with Crippen molar-refractivity contribution in [2.24, 2.45) is 0 Å². The van der Waals surface area contributed by atoms with E-state index in [-0.39, 0.29) is 5.78 Å². The van der Waals surface area contributed by atoms with Gasteiger partial charge in [0.2, 0.25) is 0 Å². The third-order valence-corrected chi connectivity index (χ3v) is 3.50. The van der Waals surface area contributed by atoms with Gasteiger partial charge in [-0.15, -0.1) is 0 Å². The second-order valence-electron chi connectivity index (χ2n) is 6.07. The Hall–Kier alpha value is -2.39. The number of carbonyl (C=O) groups excluding carboxylic acids is 1. The van der Waals surface area contributed by atoms with Crippen molar-refractivity contribution < 1.29 is 14.6 Å². The summed E-state index contributed by atoms with van der Waals surface area (Å²) in [4.78, 5) is 11.4. The van der Waals surface area contributed by atoms with Crippen LogP contribution in [0.5, 0.6) is 5.75 Å². The number of methoxy groups -OCH3 is 1. The molecule has 0 aromatic heterocycles. The lowest BCUT2D eigenvalue weighted by Crippen LogP contribution is -2.15. The largest absolute Gasteiger partial charge is 0.497 e. The van der Waals surface area contributed by atoms with Crippen LogP contribution in [0.3, 0.4) is 0 Å². The molecule has 0 amide bonds. The zero-order valence-corrected chi connectivity index (χ0v) is 14.0. The maximum Gasteiger partial charge on any atom is 0.159 e. The third kappa shape index (κ3) is 4.54. The van der Waals surface area contributed by atoms with Crippen LogP contribution in [-0.2, 0) is 0 Å². The van der Waals surface area contributed by atoms with Crippen LogP contribution < -0.4 is 4.74 Å². The fraction of sp³-hybridized carbons (Fsp3) is 0.250. The summed E-state index contributed by atoms with van der Waals surface area (Å²) in [7, 11) is 1.63. The molecule has 0 saturated carbocycles. The Morgan fingerprint density at radius 3 is 1.78 bits per heavy atom. The van der Waals surface area contributed by atoms with Crippen LogP contribution in [-0.4, -0.2) is 23.6 Å². The molecule has 3 nitrogen and oxygen atoms in total. The molecule has 2 rings (SSSR count). The number of Topliss-reactive ketones (excluding diaryl/α,β-unsaturated/α-hetero) is 1. The topological polar surface area (TPSA) is 46.5 Å². The highest BCUT2D eigenvalue weighted by atomic mass is 16.5. The molecule has 23 heavy (non-hydrogen) atoms. The van der Waals surface area contributed by atoms with E-state index < -0.39 is 5.60 Å². The van der Waals surface area contributed by atoms with Crippen LogP contribution >= 0.6 is 0 Å². The van der Waals surface area contributed by atoms with E-state index >= 15 is 0 Å². The van der Waals surface area contributed by atoms with E-state index in [1.165, 1.54) is 0 Å². The standard InChI is InChI=1S/C20H22O3/c1-14(21)15-5-7-16(8-6-15)19(13-20(2,3)22)17-9-11-18(23-4)12-10-17/h5-13,22H,1-4H3/b19-13+. The molecule has 0 aliphatic rings. The molecule has 2 aromatic rings. The highest BCUT2D eigenvalue weighted by Gasteiger charge is 2.14. The molecule has 0 fully saturated rings. The number of carbonyl (C=O) groups is 1. The average molecular weight is 310 g/mol. The van der Waals surface area contributed by atoms with Crippen molar-refractivity contribution in [2.75, 3.05) is 7.11 Å². The molecule has 120 valence electrons. The van der Waals surface area contributed by atoms with Gasteiger partial charge in [-0.05, 0) is 55.7 Å². The summed E-state index contributed by atoms with van der Waals surface area (Å²) in [5.74, 6) is 0.817. The van der Waals surface area contributed by atoms with E-state index in [4.69, 9.17) is 4.74 Å². The van der Waals surface area contributed by atoms with Gasteiger partial charge < -0.3 is 9.84 Å². The zero-order valence-electron chi connectivity index (χ0n) is 14.0. The van der Waals surface area contributed by atoms with E-state index in [1.807, 2.05) is 42.5 Å². The molecule has 0 heterocycles. The first-order chi connectivity index (χ1) is 10.8. The second-order valence-corrected chi connectivity index (χ2v) is 6.07. The fourth-order valence-electron chi connectivity index (χ4n) is 2.34. The molecule has 0 bridgehead atoms. The summed E-state index contributed by atoms with van der Waals surface area (Å²) in [5.41, 5.74) is 2.56. The van der Waals surface area contributed by atoms with Crippen molar-refractivity contribution >= 4 is 11.4 Å². The van der Waals surface area contributed by atoms with E-state index in [1.54, 1.807) is 40.0 Å². The molecular formula is C20H22O3. The molecule has 0 saturated heterocycles. The predicted octanol–water partition coefficient (Wildman–Crippen LogP) is 4.10. The van der Waals surface area contributed by atoms with E-state index in [2.05, 4.69) is 0 Å². The Balaban J connectivity index is 2.49. The lowest BCUT2D eigenvalue weighted by molar-refractivity contribution is 0.101. The smallest absolute Gasteiger partial charge is 0.159 e. The van der Waals surface area contributed by atoms with Crippen molar-refractivity contribution in [1.29, 1.82) is 0 Å². The van der Waals surface area contributed by atoms with Gasteiger partial charge in [-0.25, -0.2) is 0 Å². The van der Waals surface area contributed by atoms with Gasteiger partial charge in [-0.3, -0.25) is 4.79 Å². The zero-order chi connectivity index (χ0) is 17.0. The minimum absolute atomic E-state index is 0.0361. The molecule has 1 N–H and O–H groups in total. The number of hydrogen-bond acceptors (Lipinski definition) is 3. The molecule has 0 spiro atoms. The molecule has 2 aromatic carbocycles. The Kier molecular flexibility index (Phi) is 5.02. The molecular weight excluding hydrogens is 288 g/mol. The minimum Gasteiger partial charge on any atom is -0.497 e. The van der Waals surface area contributed by atoms with Crippen molar-refractivity contribution in [2.45, 2.75) is 26.4 Å². The maximum absolute atomic E-state index is 11.4. The highest BCUT2D eigenvalue weighted by molar-refractivity contribution is 5.94. The summed E-state index contributed by atoms with van der Waals surface area (Å²) in [6.07, 6.45) is 1.82. The molecule has 0 aliphatic carbocycles. The van der Waals surface area contributed by atoms with Crippen molar-refractivity contribution in [3.63, 3.8) is 0 Å². The van der Waals surface area contributed by atoms with Crippen molar-refractivity contribution in [3.05, 3.63) is 71.3 Å². The van der Waals surface area contributed by atoms with Gasteiger partial charge in [0.05, 0.1) is 12.7 Å². The Morgan fingerprint density at radius 2 is 1.39 bits per heavy atom. The first-order valence-electron chi connectivity index (χ1n) is 7.51. The Bertz CT molecular complexity index is 702. The van der Waals surface area contributed by atoms with E-state index in [9.17, 15) is 9.90 Å². The molecule has 0 unspecified atom stereocenters. The number of aliphatic hydroxyl groups is 1. The quantitative estimate of drug-likeness (QED) is 0.846. The van der Waals surface area contributed by atoms with Crippen LogP contribution in [0.15, 0.2) is 54.6 Å². The van der Waals surface area contributed by atoms with Gasteiger partial charge in [0.25, 0.3) is 0 Å².